The number of methoxy groups -OCH3 is 1. The minimum atomic E-state index is -0.733. The molecule has 0 aliphatic carbocycles. The fourth-order valence-corrected chi connectivity index (χ4v) is 3.26. The minimum absolute atomic E-state index is 0.0953. The number of nitrogens with zero attached hydrogens (tertiary/aromatic N) is 2. The molecular formula is C21H25N3O4. The number of carbonyl (C=O) groups excluding carboxylic acids is 2. The number of anilines is 1. The Morgan fingerprint density at radius 1 is 1.21 bits per heavy atom. The summed E-state index contributed by atoms with van der Waals surface area (Å²) in [4.78, 5) is 28.7. The van der Waals surface area contributed by atoms with Crippen LogP contribution in [0.15, 0.2) is 48.5 Å². The van der Waals surface area contributed by atoms with Crippen molar-refractivity contribution in [3.8, 4) is 11.5 Å². The fraction of sp³-hybridized carbons (Fsp3) is 0.333. The molecule has 148 valence electrons. The molecule has 2 amide bonds. The van der Waals surface area contributed by atoms with Gasteiger partial charge in [-0.05, 0) is 25.2 Å². The molecule has 0 spiro atoms. The Bertz CT molecular complexity index is 855. The summed E-state index contributed by atoms with van der Waals surface area (Å²) in [6, 6.07) is 15.0. The smallest absolute Gasteiger partial charge is 0.262 e. The quantitative estimate of drug-likeness (QED) is 0.822. The van der Waals surface area contributed by atoms with Crippen LogP contribution in [0, 0.1) is 0 Å². The number of likely N-dealkylation sites (N-methyl/N-ethyl adjacent to an activating group) is 2. The molecular weight excluding hydrogens is 358 g/mol. The van der Waals surface area contributed by atoms with Gasteiger partial charge in [-0.2, -0.15) is 0 Å². The van der Waals surface area contributed by atoms with Gasteiger partial charge in [0.25, 0.3) is 5.91 Å². The summed E-state index contributed by atoms with van der Waals surface area (Å²) in [5.74, 6) is 0.970. The predicted molar refractivity (Wildman–Crippen MR) is 107 cm³/mol. The fourth-order valence-electron chi connectivity index (χ4n) is 3.26. The molecule has 0 saturated heterocycles. The largest absolute Gasteiger partial charge is 0.496 e. The van der Waals surface area contributed by atoms with Gasteiger partial charge in [-0.3, -0.25) is 14.5 Å². The van der Waals surface area contributed by atoms with Gasteiger partial charge >= 0.3 is 0 Å². The van der Waals surface area contributed by atoms with E-state index in [9.17, 15) is 9.59 Å². The average molecular weight is 383 g/mol. The molecule has 1 atom stereocenters. The highest BCUT2D eigenvalue weighted by Gasteiger charge is 2.33. The first kappa shape index (κ1) is 19.7. The molecule has 3 rings (SSSR count). The maximum Gasteiger partial charge on any atom is 0.262 e. The molecule has 0 aromatic heterocycles. The third-order valence-corrected chi connectivity index (χ3v) is 4.65. The summed E-state index contributed by atoms with van der Waals surface area (Å²) >= 11 is 0. The van der Waals surface area contributed by atoms with Gasteiger partial charge in [0.15, 0.2) is 6.10 Å². The van der Waals surface area contributed by atoms with Crippen molar-refractivity contribution in [2.45, 2.75) is 12.6 Å². The van der Waals surface area contributed by atoms with Crippen molar-refractivity contribution < 1.29 is 19.1 Å². The van der Waals surface area contributed by atoms with Crippen LogP contribution in [0.2, 0.25) is 0 Å². The van der Waals surface area contributed by atoms with E-state index in [0.29, 0.717) is 18.0 Å². The molecule has 7 nitrogen and oxygen atoms in total. The second kappa shape index (κ2) is 8.75. The molecule has 0 bridgehead atoms. The maximum absolute atomic E-state index is 13.0. The number of amides is 2. The Morgan fingerprint density at radius 3 is 2.68 bits per heavy atom. The van der Waals surface area contributed by atoms with E-state index >= 15 is 0 Å². The molecule has 0 saturated carbocycles. The van der Waals surface area contributed by atoms with Gasteiger partial charge < -0.3 is 19.7 Å². The van der Waals surface area contributed by atoms with Gasteiger partial charge in [0.1, 0.15) is 11.5 Å². The van der Waals surface area contributed by atoms with Crippen molar-refractivity contribution >= 4 is 17.5 Å². The normalized spacial score (nSPS) is 15.6. The molecule has 0 fully saturated rings. The van der Waals surface area contributed by atoms with Crippen LogP contribution in [-0.2, 0) is 16.1 Å². The van der Waals surface area contributed by atoms with Gasteiger partial charge in [0.05, 0.1) is 25.9 Å². The lowest BCUT2D eigenvalue weighted by molar-refractivity contribution is -0.128. The summed E-state index contributed by atoms with van der Waals surface area (Å²) in [7, 11) is 5.07. The summed E-state index contributed by atoms with van der Waals surface area (Å²) in [5, 5.41) is 2.58. The van der Waals surface area contributed by atoms with Crippen molar-refractivity contribution in [1.29, 1.82) is 0 Å². The van der Waals surface area contributed by atoms with Crippen LogP contribution < -0.4 is 19.7 Å². The van der Waals surface area contributed by atoms with E-state index in [4.69, 9.17) is 9.47 Å². The molecule has 2 aromatic carbocycles. The zero-order chi connectivity index (χ0) is 20.1. The summed E-state index contributed by atoms with van der Waals surface area (Å²) in [6.07, 6.45) is -0.733. The van der Waals surface area contributed by atoms with E-state index in [0.717, 1.165) is 11.3 Å². The zero-order valence-corrected chi connectivity index (χ0v) is 16.3. The molecule has 28 heavy (non-hydrogen) atoms. The lowest BCUT2D eigenvalue weighted by Gasteiger charge is -2.34. The van der Waals surface area contributed by atoms with Crippen molar-refractivity contribution in [3.63, 3.8) is 0 Å². The number of rotatable bonds is 6. The third-order valence-electron chi connectivity index (χ3n) is 4.65. The molecule has 2 aromatic rings. The van der Waals surface area contributed by atoms with Gasteiger partial charge in [0, 0.05) is 19.2 Å². The van der Waals surface area contributed by atoms with Crippen LogP contribution in [0.5, 0.6) is 11.5 Å². The Hall–Kier alpha value is -3.06. The van der Waals surface area contributed by atoms with Crippen LogP contribution in [0.25, 0.3) is 0 Å². The van der Waals surface area contributed by atoms with Crippen LogP contribution >= 0.6 is 0 Å². The minimum Gasteiger partial charge on any atom is -0.496 e. The lowest BCUT2D eigenvalue weighted by Crippen LogP contribution is -2.51. The SMILES string of the molecule is CNC(=O)[C@@H]1CN(C(=O)CN(C)Cc2ccccc2OC)c2ccccc2O1. The third kappa shape index (κ3) is 4.26. The van der Waals surface area contributed by atoms with Gasteiger partial charge in [0.2, 0.25) is 5.91 Å². The number of carbonyl (C=O) groups is 2. The zero-order valence-electron chi connectivity index (χ0n) is 16.3. The summed E-state index contributed by atoms with van der Waals surface area (Å²) in [5.41, 5.74) is 1.68. The van der Waals surface area contributed by atoms with E-state index in [1.165, 1.54) is 0 Å². The van der Waals surface area contributed by atoms with Crippen molar-refractivity contribution in [3.05, 3.63) is 54.1 Å². The summed E-state index contributed by atoms with van der Waals surface area (Å²) < 4.78 is 11.1. The Kier molecular flexibility index (Phi) is 6.16. The van der Waals surface area contributed by atoms with Crippen LogP contribution in [0.4, 0.5) is 5.69 Å². The molecule has 0 unspecified atom stereocenters. The lowest BCUT2D eigenvalue weighted by atomic mass is 10.1. The monoisotopic (exact) mass is 383 g/mol. The maximum atomic E-state index is 13.0. The predicted octanol–water partition coefficient (Wildman–Crippen LogP) is 1.67. The number of nitrogens with one attached hydrogen (secondary N) is 1. The first-order valence-electron chi connectivity index (χ1n) is 9.11. The Morgan fingerprint density at radius 2 is 1.93 bits per heavy atom. The average Bonchev–Trinajstić information content (AvgIpc) is 2.72. The van der Waals surface area contributed by atoms with E-state index in [1.807, 2.05) is 54.4 Å². The number of fused-ring (bicyclic) bond motifs is 1. The molecule has 1 aliphatic rings. The van der Waals surface area contributed by atoms with E-state index in [2.05, 4.69) is 5.32 Å². The van der Waals surface area contributed by atoms with Gasteiger partial charge in [-0.15, -0.1) is 0 Å². The molecule has 7 heteroatoms. The number of hydrogen-bond acceptors (Lipinski definition) is 5. The highest BCUT2D eigenvalue weighted by molar-refractivity contribution is 5.98. The van der Waals surface area contributed by atoms with E-state index in [1.54, 1.807) is 25.1 Å². The van der Waals surface area contributed by atoms with Crippen molar-refractivity contribution in [2.24, 2.45) is 0 Å². The van der Waals surface area contributed by atoms with Crippen LogP contribution in [0.1, 0.15) is 5.56 Å². The second-order valence-corrected chi connectivity index (χ2v) is 6.68. The summed E-state index contributed by atoms with van der Waals surface area (Å²) in [6.45, 7) is 0.950. The first-order valence-corrected chi connectivity index (χ1v) is 9.11. The molecule has 1 N–H and O–H groups in total. The highest BCUT2D eigenvalue weighted by atomic mass is 16.5. The molecule has 1 heterocycles. The Balaban J connectivity index is 1.74. The highest BCUT2D eigenvalue weighted by Crippen LogP contribution is 2.33. The topological polar surface area (TPSA) is 71.1 Å². The van der Waals surface area contributed by atoms with Crippen LogP contribution in [0.3, 0.4) is 0 Å². The van der Waals surface area contributed by atoms with E-state index < -0.39 is 6.10 Å². The van der Waals surface area contributed by atoms with E-state index in [-0.39, 0.29) is 24.9 Å². The standard InChI is InChI=1S/C21H25N3O4/c1-22-21(26)19-13-24(16-9-5-7-11-18(16)28-19)20(25)14-23(2)12-15-8-4-6-10-17(15)27-3/h4-11,19H,12-14H2,1-3H3,(H,22,26)/t19-/m0/s1. The number of ether oxygens (including phenoxy) is 2. The second-order valence-electron chi connectivity index (χ2n) is 6.68. The van der Waals surface area contributed by atoms with Gasteiger partial charge in [-0.25, -0.2) is 0 Å². The number of benzene rings is 2. The van der Waals surface area contributed by atoms with Gasteiger partial charge in [-0.1, -0.05) is 30.3 Å². The molecule has 0 radical (unpaired) electrons. The number of hydrogen-bond donors (Lipinski definition) is 1. The first-order chi connectivity index (χ1) is 13.5. The van der Waals surface area contributed by atoms with Crippen molar-refractivity contribution in [2.75, 3.05) is 39.2 Å². The number of para-hydroxylation sites is 3. The van der Waals surface area contributed by atoms with Crippen molar-refractivity contribution in [1.82, 2.24) is 10.2 Å². The van der Waals surface area contributed by atoms with Crippen LogP contribution in [-0.4, -0.2) is 57.1 Å². The Labute approximate surface area is 164 Å². The molecule has 1 aliphatic heterocycles.